The maximum atomic E-state index is 9.29. The summed E-state index contributed by atoms with van der Waals surface area (Å²) in [5, 5.41) is 12.7. The highest BCUT2D eigenvalue weighted by Crippen LogP contribution is 2.24. The van der Waals surface area contributed by atoms with Crippen LogP contribution in [0, 0.1) is 6.92 Å². The molecule has 0 radical (unpaired) electrons. The second-order valence-corrected chi connectivity index (χ2v) is 5.42. The van der Waals surface area contributed by atoms with Gasteiger partial charge in [-0.2, -0.15) is 0 Å². The Morgan fingerprint density at radius 3 is 3.10 bits per heavy atom. The van der Waals surface area contributed by atoms with Crippen LogP contribution in [0.1, 0.15) is 11.1 Å². The van der Waals surface area contributed by atoms with Crippen LogP contribution in [-0.4, -0.2) is 57.8 Å². The van der Waals surface area contributed by atoms with Crippen molar-refractivity contribution in [1.29, 1.82) is 0 Å². The van der Waals surface area contributed by atoms with Gasteiger partial charge in [-0.25, -0.2) is 0 Å². The number of hydrogen-bond donors (Lipinski definition) is 2. The number of rotatable bonds is 7. The molecule has 1 saturated heterocycles. The number of ether oxygens (including phenoxy) is 2. The van der Waals surface area contributed by atoms with E-state index in [2.05, 4.69) is 35.3 Å². The molecule has 1 aromatic carbocycles. The molecule has 0 aliphatic carbocycles. The maximum absolute atomic E-state index is 9.29. The number of morpholine rings is 1. The molecule has 0 bridgehead atoms. The van der Waals surface area contributed by atoms with Crippen LogP contribution in [0.15, 0.2) is 18.2 Å². The van der Waals surface area contributed by atoms with Crippen molar-refractivity contribution in [2.24, 2.45) is 0 Å². The lowest BCUT2D eigenvalue weighted by molar-refractivity contribution is 0.00352. The summed E-state index contributed by atoms with van der Waals surface area (Å²) in [5.74, 6) is 0. The topological polar surface area (TPSA) is 54.0 Å². The van der Waals surface area contributed by atoms with Crippen LogP contribution in [0.3, 0.4) is 0 Å². The Hall–Kier alpha value is -1.14. The number of aryl methyl sites for hydroxylation is 1. The van der Waals surface area contributed by atoms with Gasteiger partial charge in [0.15, 0.2) is 0 Å². The zero-order valence-corrected chi connectivity index (χ0v) is 13.0. The third-order valence-electron chi connectivity index (χ3n) is 3.72. The van der Waals surface area contributed by atoms with Gasteiger partial charge in [-0.15, -0.1) is 0 Å². The molecule has 5 heteroatoms. The molecule has 21 heavy (non-hydrogen) atoms. The summed E-state index contributed by atoms with van der Waals surface area (Å²) >= 11 is 0. The highest BCUT2D eigenvalue weighted by atomic mass is 16.5. The lowest BCUT2D eigenvalue weighted by atomic mass is 10.1. The van der Waals surface area contributed by atoms with E-state index in [-0.39, 0.29) is 12.7 Å². The Morgan fingerprint density at radius 1 is 1.48 bits per heavy atom. The number of hydrogen-bond acceptors (Lipinski definition) is 5. The largest absolute Gasteiger partial charge is 0.394 e. The first kappa shape index (κ1) is 16.2. The van der Waals surface area contributed by atoms with E-state index in [1.54, 1.807) is 7.11 Å². The van der Waals surface area contributed by atoms with Crippen molar-refractivity contribution in [3.8, 4) is 0 Å². The molecule has 5 nitrogen and oxygen atoms in total. The summed E-state index contributed by atoms with van der Waals surface area (Å²) in [5.41, 5.74) is 3.77. The molecule has 0 amide bonds. The van der Waals surface area contributed by atoms with E-state index in [1.165, 1.54) is 16.8 Å². The minimum atomic E-state index is -0.0886. The standard InChI is InChI=1S/C16H26N2O3/c1-13-3-4-16(14(9-13)10-17-5-7-20-2)18-6-8-21-15(11-18)12-19/h3-4,9,15,17,19H,5-8,10-12H2,1-2H3. The molecule has 1 heterocycles. The fourth-order valence-electron chi connectivity index (χ4n) is 2.61. The third-order valence-corrected chi connectivity index (χ3v) is 3.72. The van der Waals surface area contributed by atoms with Gasteiger partial charge in [-0.3, -0.25) is 0 Å². The summed E-state index contributed by atoms with van der Waals surface area (Å²) in [6.07, 6.45) is -0.0886. The van der Waals surface area contributed by atoms with Crippen molar-refractivity contribution in [1.82, 2.24) is 5.32 Å². The predicted octanol–water partition coefficient (Wildman–Crippen LogP) is 0.929. The maximum Gasteiger partial charge on any atom is 0.0980 e. The molecule has 0 saturated carbocycles. The summed E-state index contributed by atoms with van der Waals surface area (Å²) in [6.45, 7) is 6.83. The van der Waals surface area contributed by atoms with Crippen LogP contribution in [0.2, 0.25) is 0 Å². The number of nitrogens with one attached hydrogen (secondary N) is 1. The Kier molecular flexibility index (Phi) is 6.45. The van der Waals surface area contributed by atoms with Gasteiger partial charge in [-0.1, -0.05) is 17.7 Å². The second kappa shape index (κ2) is 8.34. The zero-order valence-electron chi connectivity index (χ0n) is 13.0. The van der Waals surface area contributed by atoms with Crippen LogP contribution in [0.4, 0.5) is 5.69 Å². The smallest absolute Gasteiger partial charge is 0.0980 e. The fraction of sp³-hybridized carbons (Fsp3) is 0.625. The van der Waals surface area contributed by atoms with Crippen LogP contribution < -0.4 is 10.2 Å². The zero-order chi connectivity index (χ0) is 15.1. The Bertz CT molecular complexity index is 440. The van der Waals surface area contributed by atoms with Crippen LogP contribution >= 0.6 is 0 Å². The third kappa shape index (κ3) is 4.68. The van der Waals surface area contributed by atoms with Gasteiger partial charge in [0.1, 0.15) is 0 Å². The van der Waals surface area contributed by atoms with Gasteiger partial charge in [-0.05, 0) is 18.6 Å². The molecule has 1 aliphatic heterocycles. The predicted molar refractivity (Wildman–Crippen MR) is 83.8 cm³/mol. The quantitative estimate of drug-likeness (QED) is 0.733. The van der Waals surface area contributed by atoms with Gasteiger partial charge in [0, 0.05) is 39.0 Å². The van der Waals surface area contributed by atoms with E-state index in [0.29, 0.717) is 13.2 Å². The lowest BCUT2D eigenvalue weighted by Crippen LogP contribution is -2.44. The van der Waals surface area contributed by atoms with E-state index in [9.17, 15) is 5.11 Å². The molecule has 0 spiro atoms. The molecular weight excluding hydrogens is 268 g/mol. The summed E-state index contributed by atoms with van der Waals surface area (Å²) in [4.78, 5) is 2.30. The van der Waals surface area contributed by atoms with Crippen molar-refractivity contribution >= 4 is 5.69 Å². The van der Waals surface area contributed by atoms with Crippen molar-refractivity contribution in [2.75, 3.05) is 51.5 Å². The summed E-state index contributed by atoms with van der Waals surface area (Å²) < 4.78 is 10.6. The van der Waals surface area contributed by atoms with E-state index >= 15 is 0 Å². The van der Waals surface area contributed by atoms with Gasteiger partial charge < -0.3 is 24.8 Å². The highest BCUT2D eigenvalue weighted by molar-refractivity contribution is 5.55. The Morgan fingerprint density at radius 2 is 2.33 bits per heavy atom. The van der Waals surface area contributed by atoms with E-state index in [4.69, 9.17) is 9.47 Å². The minimum absolute atomic E-state index is 0.0732. The van der Waals surface area contributed by atoms with Gasteiger partial charge >= 0.3 is 0 Å². The van der Waals surface area contributed by atoms with E-state index in [0.717, 1.165) is 26.2 Å². The van der Waals surface area contributed by atoms with E-state index in [1.807, 2.05) is 0 Å². The molecule has 1 unspecified atom stereocenters. The van der Waals surface area contributed by atoms with Crippen molar-refractivity contribution < 1.29 is 14.6 Å². The van der Waals surface area contributed by atoms with Crippen LogP contribution in [0.25, 0.3) is 0 Å². The first-order valence-electron chi connectivity index (χ1n) is 7.51. The number of nitrogens with zero attached hydrogens (tertiary/aromatic N) is 1. The number of aliphatic hydroxyl groups is 1. The normalized spacial score (nSPS) is 19.0. The van der Waals surface area contributed by atoms with Gasteiger partial charge in [0.25, 0.3) is 0 Å². The second-order valence-electron chi connectivity index (χ2n) is 5.42. The molecule has 0 aromatic heterocycles. The average molecular weight is 294 g/mol. The lowest BCUT2D eigenvalue weighted by Gasteiger charge is -2.35. The number of aliphatic hydroxyl groups excluding tert-OH is 1. The minimum Gasteiger partial charge on any atom is -0.394 e. The first-order chi connectivity index (χ1) is 10.2. The summed E-state index contributed by atoms with van der Waals surface area (Å²) in [7, 11) is 1.71. The highest BCUT2D eigenvalue weighted by Gasteiger charge is 2.21. The molecule has 1 fully saturated rings. The van der Waals surface area contributed by atoms with E-state index < -0.39 is 0 Å². The monoisotopic (exact) mass is 294 g/mol. The number of benzene rings is 1. The molecular formula is C16H26N2O3. The molecule has 1 aromatic rings. The van der Waals surface area contributed by atoms with Crippen LogP contribution in [-0.2, 0) is 16.0 Å². The molecule has 2 N–H and O–H groups in total. The van der Waals surface area contributed by atoms with Crippen LogP contribution in [0.5, 0.6) is 0 Å². The first-order valence-corrected chi connectivity index (χ1v) is 7.51. The molecule has 1 aliphatic rings. The fourth-order valence-corrected chi connectivity index (χ4v) is 2.61. The molecule has 1 atom stereocenters. The SMILES string of the molecule is COCCNCc1cc(C)ccc1N1CCOC(CO)C1. The van der Waals surface area contributed by atoms with Crippen molar-refractivity contribution in [2.45, 2.75) is 19.6 Å². The van der Waals surface area contributed by atoms with Crippen molar-refractivity contribution in [3.05, 3.63) is 29.3 Å². The van der Waals surface area contributed by atoms with Crippen molar-refractivity contribution in [3.63, 3.8) is 0 Å². The Balaban J connectivity index is 2.06. The Labute approximate surface area is 126 Å². The average Bonchev–Trinajstić information content (AvgIpc) is 2.52. The van der Waals surface area contributed by atoms with Gasteiger partial charge in [0.2, 0.25) is 0 Å². The molecule has 118 valence electrons. The van der Waals surface area contributed by atoms with Gasteiger partial charge in [0.05, 0.1) is 25.9 Å². The molecule has 2 rings (SSSR count). The summed E-state index contributed by atoms with van der Waals surface area (Å²) in [6, 6.07) is 6.53. The number of anilines is 1. The number of methoxy groups -OCH3 is 1.